The summed E-state index contributed by atoms with van der Waals surface area (Å²) in [6.07, 6.45) is 1.06. The molecule has 0 spiro atoms. The van der Waals surface area contributed by atoms with Crippen LogP contribution in [0.15, 0.2) is 18.2 Å². The Hall–Kier alpha value is -1.71. The van der Waals surface area contributed by atoms with E-state index in [1.165, 1.54) is 0 Å². The molecule has 0 aliphatic carbocycles. The molecule has 1 aromatic carbocycles. The molecular weight excluding hydrogens is 240 g/mol. The van der Waals surface area contributed by atoms with Gasteiger partial charge in [-0.05, 0) is 25.0 Å². The smallest absolute Gasteiger partial charge is 0.257 e. The van der Waals surface area contributed by atoms with Crippen LogP contribution in [0.1, 0.15) is 37.6 Å². The summed E-state index contributed by atoms with van der Waals surface area (Å²) in [5, 5.41) is 0. The standard InChI is InChI=1S/C15H24N2O2/c1-5-11(3)10-17(6-2)15(18)13-8-7-12(16)9-14(13)19-4/h7-9,11H,5-6,10,16H2,1-4H3. The van der Waals surface area contributed by atoms with Gasteiger partial charge in [0.1, 0.15) is 5.75 Å². The van der Waals surface area contributed by atoms with Crippen LogP contribution in [0, 0.1) is 5.92 Å². The number of nitrogen functional groups attached to an aromatic ring is 1. The van der Waals surface area contributed by atoms with Gasteiger partial charge in [0.25, 0.3) is 5.91 Å². The highest BCUT2D eigenvalue weighted by molar-refractivity contribution is 5.97. The van der Waals surface area contributed by atoms with Gasteiger partial charge in [0.15, 0.2) is 0 Å². The molecule has 0 aliphatic heterocycles. The van der Waals surface area contributed by atoms with Gasteiger partial charge in [-0.3, -0.25) is 4.79 Å². The van der Waals surface area contributed by atoms with E-state index in [2.05, 4.69) is 13.8 Å². The molecule has 4 nitrogen and oxygen atoms in total. The normalized spacial score (nSPS) is 12.0. The van der Waals surface area contributed by atoms with E-state index in [4.69, 9.17) is 10.5 Å². The van der Waals surface area contributed by atoms with Crippen LogP contribution in [-0.4, -0.2) is 31.0 Å². The molecule has 0 bridgehead atoms. The lowest BCUT2D eigenvalue weighted by molar-refractivity contribution is 0.0737. The number of anilines is 1. The maximum atomic E-state index is 12.5. The van der Waals surface area contributed by atoms with Gasteiger partial charge >= 0.3 is 0 Å². The lowest BCUT2D eigenvalue weighted by Gasteiger charge is -2.25. The third kappa shape index (κ3) is 3.88. The van der Waals surface area contributed by atoms with Gasteiger partial charge in [0.2, 0.25) is 0 Å². The van der Waals surface area contributed by atoms with Crippen molar-refractivity contribution in [1.82, 2.24) is 4.90 Å². The minimum atomic E-state index is -0.000324. The zero-order chi connectivity index (χ0) is 14.4. The Morgan fingerprint density at radius 3 is 2.63 bits per heavy atom. The number of carbonyl (C=O) groups is 1. The second-order valence-electron chi connectivity index (χ2n) is 4.82. The van der Waals surface area contributed by atoms with E-state index in [9.17, 15) is 4.79 Å². The third-order valence-corrected chi connectivity index (χ3v) is 3.35. The molecule has 1 unspecified atom stereocenters. The molecule has 1 atom stereocenters. The van der Waals surface area contributed by atoms with Crippen LogP contribution in [0.2, 0.25) is 0 Å². The van der Waals surface area contributed by atoms with Gasteiger partial charge in [-0.15, -0.1) is 0 Å². The number of carbonyl (C=O) groups excluding carboxylic acids is 1. The summed E-state index contributed by atoms with van der Waals surface area (Å²) >= 11 is 0. The fraction of sp³-hybridized carbons (Fsp3) is 0.533. The predicted molar refractivity (Wildman–Crippen MR) is 78.4 cm³/mol. The lowest BCUT2D eigenvalue weighted by atomic mass is 10.1. The fourth-order valence-corrected chi connectivity index (χ4v) is 1.92. The topological polar surface area (TPSA) is 55.6 Å². The van der Waals surface area contributed by atoms with Crippen molar-refractivity contribution in [2.24, 2.45) is 5.92 Å². The number of hydrogen-bond donors (Lipinski definition) is 1. The first-order valence-corrected chi connectivity index (χ1v) is 6.76. The number of amides is 1. The number of ether oxygens (including phenoxy) is 1. The first-order valence-electron chi connectivity index (χ1n) is 6.76. The van der Waals surface area contributed by atoms with Crippen LogP contribution in [0.4, 0.5) is 5.69 Å². The number of benzene rings is 1. The summed E-state index contributed by atoms with van der Waals surface area (Å²) in [4.78, 5) is 14.4. The molecule has 19 heavy (non-hydrogen) atoms. The van der Waals surface area contributed by atoms with Crippen LogP contribution in [0.25, 0.3) is 0 Å². The van der Waals surface area contributed by atoms with Crippen molar-refractivity contribution in [3.05, 3.63) is 23.8 Å². The Bertz CT molecular complexity index is 432. The number of methoxy groups -OCH3 is 1. The van der Waals surface area contributed by atoms with Crippen molar-refractivity contribution < 1.29 is 9.53 Å². The molecule has 0 radical (unpaired) electrons. The average molecular weight is 264 g/mol. The molecule has 0 saturated carbocycles. The van der Waals surface area contributed by atoms with Crippen molar-refractivity contribution in [3.63, 3.8) is 0 Å². The molecule has 0 aromatic heterocycles. The molecule has 1 amide bonds. The molecule has 2 N–H and O–H groups in total. The molecular formula is C15H24N2O2. The second kappa shape index (κ2) is 7.02. The van der Waals surface area contributed by atoms with Gasteiger partial charge < -0.3 is 15.4 Å². The molecule has 0 saturated heterocycles. The molecule has 0 heterocycles. The Morgan fingerprint density at radius 1 is 1.42 bits per heavy atom. The summed E-state index contributed by atoms with van der Waals surface area (Å²) in [6, 6.07) is 5.15. The Labute approximate surface area is 115 Å². The Kier molecular flexibility index (Phi) is 5.67. The molecule has 0 fully saturated rings. The second-order valence-corrected chi connectivity index (χ2v) is 4.82. The molecule has 0 aliphatic rings. The summed E-state index contributed by atoms with van der Waals surface area (Å²) in [5.41, 5.74) is 6.88. The number of hydrogen-bond acceptors (Lipinski definition) is 3. The maximum Gasteiger partial charge on any atom is 0.257 e. The molecule has 1 rings (SSSR count). The van der Waals surface area contributed by atoms with Gasteiger partial charge in [-0.1, -0.05) is 20.3 Å². The van der Waals surface area contributed by atoms with Crippen molar-refractivity contribution in [3.8, 4) is 5.75 Å². The van der Waals surface area contributed by atoms with Crippen molar-refractivity contribution in [2.75, 3.05) is 25.9 Å². The van der Waals surface area contributed by atoms with Crippen LogP contribution >= 0.6 is 0 Å². The summed E-state index contributed by atoms with van der Waals surface area (Å²) in [7, 11) is 1.55. The zero-order valence-electron chi connectivity index (χ0n) is 12.3. The van der Waals surface area contributed by atoms with Gasteiger partial charge in [-0.2, -0.15) is 0 Å². The van der Waals surface area contributed by atoms with Gasteiger partial charge in [-0.25, -0.2) is 0 Å². The van der Waals surface area contributed by atoms with Crippen molar-refractivity contribution >= 4 is 11.6 Å². The highest BCUT2D eigenvalue weighted by Gasteiger charge is 2.19. The summed E-state index contributed by atoms with van der Waals surface area (Å²) < 4.78 is 5.25. The van der Waals surface area contributed by atoms with Crippen LogP contribution < -0.4 is 10.5 Å². The fourth-order valence-electron chi connectivity index (χ4n) is 1.92. The number of nitrogens with zero attached hydrogens (tertiary/aromatic N) is 1. The van der Waals surface area contributed by atoms with E-state index in [0.717, 1.165) is 13.0 Å². The average Bonchev–Trinajstić information content (AvgIpc) is 2.43. The van der Waals surface area contributed by atoms with Crippen LogP contribution in [0.5, 0.6) is 5.75 Å². The van der Waals surface area contributed by atoms with Gasteiger partial charge in [0.05, 0.1) is 12.7 Å². The van der Waals surface area contributed by atoms with E-state index in [-0.39, 0.29) is 5.91 Å². The minimum Gasteiger partial charge on any atom is -0.496 e. The lowest BCUT2D eigenvalue weighted by Crippen LogP contribution is -2.34. The highest BCUT2D eigenvalue weighted by Crippen LogP contribution is 2.23. The van der Waals surface area contributed by atoms with Gasteiger partial charge in [0, 0.05) is 24.8 Å². The first kappa shape index (κ1) is 15.3. The van der Waals surface area contributed by atoms with Crippen molar-refractivity contribution in [1.29, 1.82) is 0 Å². The summed E-state index contributed by atoms with van der Waals surface area (Å²) in [6.45, 7) is 7.73. The van der Waals surface area contributed by atoms with E-state index in [1.807, 2.05) is 11.8 Å². The van der Waals surface area contributed by atoms with E-state index in [1.54, 1.807) is 25.3 Å². The van der Waals surface area contributed by atoms with E-state index >= 15 is 0 Å². The monoisotopic (exact) mass is 264 g/mol. The van der Waals surface area contributed by atoms with E-state index < -0.39 is 0 Å². The minimum absolute atomic E-state index is 0.000324. The number of nitrogens with two attached hydrogens (primary N) is 1. The predicted octanol–water partition coefficient (Wildman–Crippen LogP) is 2.79. The first-order chi connectivity index (χ1) is 9.03. The highest BCUT2D eigenvalue weighted by atomic mass is 16.5. The maximum absolute atomic E-state index is 12.5. The molecule has 4 heteroatoms. The molecule has 106 valence electrons. The zero-order valence-corrected chi connectivity index (χ0v) is 12.3. The SMILES string of the molecule is CCC(C)CN(CC)C(=O)c1ccc(N)cc1OC. The Morgan fingerprint density at radius 2 is 2.11 bits per heavy atom. The van der Waals surface area contributed by atoms with Crippen LogP contribution in [-0.2, 0) is 0 Å². The van der Waals surface area contributed by atoms with Crippen molar-refractivity contribution in [2.45, 2.75) is 27.2 Å². The largest absolute Gasteiger partial charge is 0.496 e. The Balaban J connectivity index is 2.97. The summed E-state index contributed by atoms with van der Waals surface area (Å²) in [5.74, 6) is 1.02. The number of rotatable bonds is 6. The van der Waals surface area contributed by atoms with E-state index in [0.29, 0.717) is 29.5 Å². The molecule has 1 aromatic rings. The quantitative estimate of drug-likeness (QED) is 0.804. The third-order valence-electron chi connectivity index (χ3n) is 3.35. The van der Waals surface area contributed by atoms with Crippen LogP contribution in [0.3, 0.4) is 0 Å².